The number of benzene rings is 1. The lowest BCUT2D eigenvalue weighted by Gasteiger charge is -2.11. The van der Waals surface area contributed by atoms with Crippen molar-refractivity contribution >= 4 is 17.6 Å². The SMILES string of the molecule is CCCOC(=O)c1cccc(C(F)(F)F)c1Cl. The van der Waals surface area contributed by atoms with Gasteiger partial charge in [-0.05, 0) is 18.6 Å². The monoisotopic (exact) mass is 266 g/mol. The average Bonchev–Trinajstić information content (AvgIpc) is 2.24. The summed E-state index contributed by atoms with van der Waals surface area (Å²) in [7, 11) is 0. The summed E-state index contributed by atoms with van der Waals surface area (Å²) in [5, 5.41) is -0.624. The first-order valence-electron chi connectivity index (χ1n) is 4.90. The standard InChI is InChI=1S/C11H10ClF3O2/c1-2-6-17-10(16)7-4-3-5-8(9(7)12)11(13,14)15/h3-5H,2,6H2,1H3. The third-order valence-electron chi connectivity index (χ3n) is 1.96. The lowest BCUT2D eigenvalue weighted by atomic mass is 10.1. The van der Waals surface area contributed by atoms with Gasteiger partial charge in [-0.25, -0.2) is 4.79 Å². The first-order chi connectivity index (χ1) is 7.88. The predicted octanol–water partition coefficient (Wildman–Crippen LogP) is 3.93. The number of halogens is 4. The Hall–Kier alpha value is -1.23. The minimum atomic E-state index is -4.59. The Bertz CT molecular complexity index is 416. The van der Waals surface area contributed by atoms with Crippen LogP contribution in [-0.2, 0) is 10.9 Å². The number of carbonyl (C=O) groups is 1. The zero-order valence-corrected chi connectivity index (χ0v) is 9.73. The molecular formula is C11H10ClF3O2. The molecule has 0 amide bonds. The van der Waals surface area contributed by atoms with Crippen molar-refractivity contribution in [1.29, 1.82) is 0 Å². The smallest absolute Gasteiger partial charge is 0.417 e. The first kappa shape index (κ1) is 13.8. The molecule has 0 atom stereocenters. The van der Waals surface area contributed by atoms with Gasteiger partial charge in [0.2, 0.25) is 0 Å². The van der Waals surface area contributed by atoms with Crippen LogP contribution < -0.4 is 0 Å². The van der Waals surface area contributed by atoms with Gasteiger partial charge in [0.05, 0.1) is 22.8 Å². The lowest BCUT2D eigenvalue weighted by molar-refractivity contribution is -0.137. The van der Waals surface area contributed by atoms with Gasteiger partial charge in [-0.3, -0.25) is 0 Å². The molecule has 1 aromatic carbocycles. The zero-order chi connectivity index (χ0) is 13.1. The summed E-state index contributed by atoms with van der Waals surface area (Å²) in [6.45, 7) is 1.92. The van der Waals surface area contributed by atoms with Crippen molar-refractivity contribution in [1.82, 2.24) is 0 Å². The van der Waals surface area contributed by atoms with E-state index >= 15 is 0 Å². The predicted molar refractivity (Wildman–Crippen MR) is 57.0 cm³/mol. The van der Waals surface area contributed by atoms with Crippen LogP contribution in [0.2, 0.25) is 5.02 Å². The minimum absolute atomic E-state index is 0.144. The summed E-state index contributed by atoms with van der Waals surface area (Å²) in [5.41, 5.74) is -1.31. The van der Waals surface area contributed by atoms with Crippen LogP contribution in [-0.4, -0.2) is 12.6 Å². The third-order valence-corrected chi connectivity index (χ3v) is 2.37. The van der Waals surface area contributed by atoms with Crippen LogP contribution in [0.15, 0.2) is 18.2 Å². The van der Waals surface area contributed by atoms with Gasteiger partial charge in [0.25, 0.3) is 0 Å². The maximum Gasteiger partial charge on any atom is 0.417 e. The Balaban J connectivity index is 3.06. The molecule has 0 saturated heterocycles. The highest BCUT2D eigenvalue weighted by Crippen LogP contribution is 2.36. The van der Waals surface area contributed by atoms with Crippen molar-refractivity contribution in [2.45, 2.75) is 19.5 Å². The van der Waals surface area contributed by atoms with Gasteiger partial charge in [-0.15, -0.1) is 0 Å². The van der Waals surface area contributed by atoms with Crippen LogP contribution in [0.1, 0.15) is 29.3 Å². The number of alkyl halides is 3. The zero-order valence-electron chi connectivity index (χ0n) is 8.97. The molecule has 0 heterocycles. The van der Waals surface area contributed by atoms with E-state index in [0.29, 0.717) is 6.42 Å². The van der Waals surface area contributed by atoms with E-state index in [4.69, 9.17) is 16.3 Å². The van der Waals surface area contributed by atoms with E-state index in [1.807, 2.05) is 0 Å². The highest BCUT2D eigenvalue weighted by Gasteiger charge is 2.34. The van der Waals surface area contributed by atoms with Gasteiger partial charge in [-0.1, -0.05) is 24.6 Å². The summed E-state index contributed by atoms with van der Waals surface area (Å²) >= 11 is 5.55. The van der Waals surface area contributed by atoms with E-state index in [9.17, 15) is 18.0 Å². The molecule has 0 saturated carbocycles. The van der Waals surface area contributed by atoms with E-state index < -0.39 is 22.7 Å². The van der Waals surface area contributed by atoms with E-state index in [1.54, 1.807) is 6.92 Å². The van der Waals surface area contributed by atoms with E-state index in [2.05, 4.69) is 0 Å². The highest BCUT2D eigenvalue weighted by atomic mass is 35.5. The second kappa shape index (κ2) is 5.40. The topological polar surface area (TPSA) is 26.3 Å². The lowest BCUT2D eigenvalue weighted by Crippen LogP contribution is -2.11. The molecule has 0 fully saturated rings. The van der Waals surface area contributed by atoms with E-state index in [1.165, 1.54) is 6.07 Å². The third kappa shape index (κ3) is 3.36. The molecule has 0 bridgehead atoms. The molecular weight excluding hydrogens is 257 g/mol. The normalized spacial score (nSPS) is 11.4. The second-order valence-electron chi connectivity index (χ2n) is 3.30. The number of esters is 1. The van der Waals surface area contributed by atoms with Gasteiger partial charge in [-0.2, -0.15) is 13.2 Å². The Morgan fingerprint density at radius 3 is 2.59 bits per heavy atom. The van der Waals surface area contributed by atoms with Crippen LogP contribution in [0.4, 0.5) is 13.2 Å². The van der Waals surface area contributed by atoms with Crippen LogP contribution in [0, 0.1) is 0 Å². The molecule has 0 spiro atoms. The van der Waals surface area contributed by atoms with Gasteiger partial charge >= 0.3 is 12.1 Å². The summed E-state index contributed by atoms with van der Waals surface area (Å²) in [6, 6.07) is 3.14. The van der Waals surface area contributed by atoms with Gasteiger partial charge in [0.15, 0.2) is 0 Å². The van der Waals surface area contributed by atoms with Crippen molar-refractivity contribution in [3.63, 3.8) is 0 Å². The van der Waals surface area contributed by atoms with Crippen molar-refractivity contribution in [2.24, 2.45) is 0 Å². The molecule has 2 nitrogen and oxygen atoms in total. The Labute approximate surface area is 101 Å². The van der Waals surface area contributed by atoms with Crippen molar-refractivity contribution in [3.8, 4) is 0 Å². The molecule has 0 N–H and O–H groups in total. The fraction of sp³-hybridized carbons (Fsp3) is 0.364. The fourth-order valence-corrected chi connectivity index (χ4v) is 1.49. The molecule has 0 radical (unpaired) electrons. The van der Waals surface area contributed by atoms with Crippen LogP contribution >= 0.6 is 11.6 Å². The average molecular weight is 267 g/mol. The number of carbonyl (C=O) groups excluding carboxylic acids is 1. The number of hydrogen-bond donors (Lipinski definition) is 0. The van der Waals surface area contributed by atoms with Crippen molar-refractivity contribution < 1.29 is 22.7 Å². The Morgan fingerprint density at radius 1 is 1.41 bits per heavy atom. The molecule has 1 aromatic rings. The molecule has 94 valence electrons. The first-order valence-corrected chi connectivity index (χ1v) is 5.28. The molecule has 0 aliphatic carbocycles. The van der Waals surface area contributed by atoms with Crippen LogP contribution in [0.3, 0.4) is 0 Å². The van der Waals surface area contributed by atoms with Crippen LogP contribution in [0.5, 0.6) is 0 Å². The van der Waals surface area contributed by atoms with Crippen molar-refractivity contribution in [2.75, 3.05) is 6.61 Å². The summed E-state index contributed by atoms with van der Waals surface area (Å²) < 4.78 is 42.3. The summed E-state index contributed by atoms with van der Waals surface area (Å²) in [6.07, 6.45) is -4.00. The second-order valence-corrected chi connectivity index (χ2v) is 3.68. The number of hydrogen-bond acceptors (Lipinski definition) is 2. The Morgan fingerprint density at radius 2 is 2.06 bits per heavy atom. The largest absolute Gasteiger partial charge is 0.462 e. The molecule has 17 heavy (non-hydrogen) atoms. The molecule has 0 aromatic heterocycles. The van der Waals surface area contributed by atoms with Gasteiger partial charge in [0.1, 0.15) is 0 Å². The quantitative estimate of drug-likeness (QED) is 0.775. The Kier molecular flexibility index (Phi) is 4.40. The van der Waals surface area contributed by atoms with Gasteiger partial charge in [0, 0.05) is 0 Å². The molecule has 0 unspecified atom stereocenters. The number of ether oxygens (including phenoxy) is 1. The summed E-state index contributed by atoms with van der Waals surface area (Å²) in [5.74, 6) is -0.844. The maximum atomic E-state index is 12.5. The van der Waals surface area contributed by atoms with Crippen LogP contribution in [0.25, 0.3) is 0 Å². The fourth-order valence-electron chi connectivity index (χ4n) is 1.18. The van der Waals surface area contributed by atoms with Crippen molar-refractivity contribution in [3.05, 3.63) is 34.3 Å². The molecule has 0 aliphatic rings. The maximum absolute atomic E-state index is 12.5. The number of rotatable bonds is 3. The molecule has 0 aliphatic heterocycles. The molecule has 6 heteroatoms. The van der Waals surface area contributed by atoms with Gasteiger partial charge < -0.3 is 4.74 Å². The van der Waals surface area contributed by atoms with E-state index in [0.717, 1.165) is 12.1 Å². The highest BCUT2D eigenvalue weighted by molar-refractivity contribution is 6.34. The molecule has 1 rings (SSSR count). The van der Waals surface area contributed by atoms with E-state index in [-0.39, 0.29) is 12.2 Å². The summed E-state index contributed by atoms with van der Waals surface area (Å²) in [4.78, 5) is 11.4. The minimum Gasteiger partial charge on any atom is -0.462 e.